The SMILES string of the molecule is CCCCCCCCC(C[C@H](C)CCCCCC)OC(=O)CCCCCCCN(CCCCCCCC(=O)OCCC(CCCC)CCCCCC)CCCNc1c(NC)c(=O)c1=O. The molecule has 0 spiro atoms. The number of nitrogens with zero attached hydrogens (tertiary/aromatic N) is 1. The van der Waals surface area contributed by atoms with Crippen LogP contribution in [0, 0.1) is 11.8 Å². The molecule has 1 aromatic rings. The van der Waals surface area contributed by atoms with E-state index in [1.54, 1.807) is 7.05 Å². The molecule has 0 bridgehead atoms. The van der Waals surface area contributed by atoms with Gasteiger partial charge in [0.15, 0.2) is 0 Å². The number of esters is 2. The third-order valence-electron chi connectivity index (χ3n) is 13.4. The molecule has 0 aliphatic rings. The van der Waals surface area contributed by atoms with Crippen molar-refractivity contribution in [1.29, 1.82) is 0 Å². The molecule has 0 heterocycles. The highest BCUT2D eigenvalue weighted by Gasteiger charge is 2.20. The topological polar surface area (TPSA) is 114 Å². The summed E-state index contributed by atoms with van der Waals surface area (Å²) in [5.74, 6) is 1.24. The van der Waals surface area contributed by atoms with Crippen molar-refractivity contribution in [3.63, 3.8) is 0 Å². The maximum Gasteiger partial charge on any atom is 0.306 e. The van der Waals surface area contributed by atoms with Gasteiger partial charge in [0.2, 0.25) is 0 Å². The van der Waals surface area contributed by atoms with Gasteiger partial charge in [0, 0.05) is 26.4 Å². The summed E-state index contributed by atoms with van der Waals surface area (Å²) < 4.78 is 11.8. The van der Waals surface area contributed by atoms with Crippen LogP contribution in [0.5, 0.6) is 0 Å². The van der Waals surface area contributed by atoms with E-state index in [-0.39, 0.29) is 18.0 Å². The fraction of sp³-hybridized carbons (Fsp3) is 0.891. The Kier molecular flexibility index (Phi) is 39.1. The monoisotopic (exact) mass is 902 g/mol. The molecule has 9 heteroatoms. The Hall–Kier alpha value is -2.42. The van der Waals surface area contributed by atoms with Gasteiger partial charge in [-0.2, -0.15) is 0 Å². The summed E-state index contributed by atoms with van der Waals surface area (Å²) in [6.07, 6.45) is 39.9. The number of hydrogen-bond donors (Lipinski definition) is 2. The first-order valence-corrected chi connectivity index (χ1v) is 27.5. The van der Waals surface area contributed by atoms with Gasteiger partial charge in [-0.15, -0.1) is 0 Å². The second kappa shape index (κ2) is 42.0. The van der Waals surface area contributed by atoms with Crippen molar-refractivity contribution in [2.24, 2.45) is 11.8 Å². The van der Waals surface area contributed by atoms with E-state index in [1.165, 1.54) is 116 Å². The Morgan fingerprint density at radius 3 is 1.59 bits per heavy atom. The molecule has 0 saturated carbocycles. The van der Waals surface area contributed by atoms with Crippen LogP contribution in [0.4, 0.5) is 11.4 Å². The average Bonchev–Trinajstić information content (AvgIpc) is 3.28. The largest absolute Gasteiger partial charge is 0.466 e. The van der Waals surface area contributed by atoms with Gasteiger partial charge >= 0.3 is 11.9 Å². The van der Waals surface area contributed by atoms with Crippen LogP contribution in [0.25, 0.3) is 0 Å². The molecule has 1 aromatic carbocycles. The van der Waals surface area contributed by atoms with Crippen LogP contribution in [-0.4, -0.2) is 62.8 Å². The Bertz CT molecular complexity index is 1310. The summed E-state index contributed by atoms with van der Waals surface area (Å²) in [6, 6.07) is 0. The summed E-state index contributed by atoms with van der Waals surface area (Å²) in [4.78, 5) is 51.8. The number of nitrogens with one attached hydrogen (secondary N) is 2. The lowest BCUT2D eigenvalue weighted by molar-refractivity contribution is -0.150. The second-order valence-corrected chi connectivity index (χ2v) is 19.5. The van der Waals surface area contributed by atoms with E-state index < -0.39 is 10.9 Å². The lowest BCUT2D eigenvalue weighted by Gasteiger charge is -2.23. The Labute approximate surface area is 394 Å². The smallest absolute Gasteiger partial charge is 0.306 e. The van der Waals surface area contributed by atoms with Gasteiger partial charge in [-0.1, -0.05) is 189 Å². The van der Waals surface area contributed by atoms with E-state index >= 15 is 0 Å². The predicted molar refractivity (Wildman–Crippen MR) is 274 cm³/mol. The molecule has 0 radical (unpaired) electrons. The van der Waals surface area contributed by atoms with Gasteiger partial charge in [-0.25, -0.2) is 0 Å². The van der Waals surface area contributed by atoms with Crippen LogP contribution >= 0.6 is 0 Å². The van der Waals surface area contributed by atoms with E-state index in [9.17, 15) is 19.2 Å². The van der Waals surface area contributed by atoms with Crippen molar-refractivity contribution < 1.29 is 19.1 Å². The van der Waals surface area contributed by atoms with E-state index in [0.717, 1.165) is 116 Å². The fourth-order valence-corrected chi connectivity index (χ4v) is 9.23. The van der Waals surface area contributed by atoms with Gasteiger partial charge in [0.25, 0.3) is 10.9 Å². The zero-order valence-corrected chi connectivity index (χ0v) is 42.9. The van der Waals surface area contributed by atoms with Gasteiger partial charge < -0.3 is 25.0 Å². The van der Waals surface area contributed by atoms with Crippen LogP contribution < -0.4 is 21.5 Å². The van der Waals surface area contributed by atoms with Crippen LogP contribution in [-0.2, 0) is 19.1 Å². The molecule has 0 aliphatic heterocycles. The van der Waals surface area contributed by atoms with Crippen molar-refractivity contribution in [2.75, 3.05) is 50.5 Å². The van der Waals surface area contributed by atoms with Crippen LogP contribution in [0.3, 0.4) is 0 Å². The third-order valence-corrected chi connectivity index (χ3v) is 13.4. The average molecular weight is 902 g/mol. The second-order valence-electron chi connectivity index (χ2n) is 19.5. The molecule has 0 amide bonds. The fourth-order valence-electron chi connectivity index (χ4n) is 9.23. The third kappa shape index (κ3) is 31.5. The molecule has 0 aromatic heterocycles. The van der Waals surface area contributed by atoms with Gasteiger partial charge in [-0.3, -0.25) is 19.2 Å². The summed E-state index contributed by atoms with van der Waals surface area (Å²) in [5.41, 5.74) is -0.0572. The standard InChI is InChI=1S/C55H103N3O6/c1-7-11-15-18-21-28-37-49(46-47(5)34-26-16-12-8-2)64-51(60)39-30-23-20-25-32-43-58(44-33-41-57-53-52(56-6)54(61)55(53)62)42-31-24-19-22-29-38-50(59)63-45-40-48(35-14-10-4)36-27-17-13-9-3/h47-49,56-57H,7-46H2,1-6H3/t47-,48?,49?/m1/s1. The number of unbranched alkanes of at least 4 members (excludes halogenated alkanes) is 20. The van der Waals surface area contributed by atoms with Crippen LogP contribution in [0.1, 0.15) is 259 Å². The minimum absolute atomic E-state index is 0.00545. The van der Waals surface area contributed by atoms with Crippen molar-refractivity contribution in [1.82, 2.24) is 4.90 Å². The molecule has 2 unspecified atom stereocenters. The number of carbonyl (C=O) groups is 2. The predicted octanol–water partition coefficient (Wildman–Crippen LogP) is 14.5. The Morgan fingerprint density at radius 1 is 0.516 bits per heavy atom. The maximum atomic E-state index is 13.0. The zero-order valence-electron chi connectivity index (χ0n) is 42.9. The van der Waals surface area contributed by atoms with Crippen molar-refractivity contribution in [3.8, 4) is 0 Å². The Morgan fingerprint density at radius 2 is 0.984 bits per heavy atom. The molecule has 0 aliphatic carbocycles. The molecule has 9 nitrogen and oxygen atoms in total. The van der Waals surface area contributed by atoms with Crippen molar-refractivity contribution >= 4 is 23.3 Å². The van der Waals surface area contributed by atoms with Gasteiger partial charge in [0.05, 0.1) is 6.61 Å². The number of ether oxygens (including phenoxy) is 2. The summed E-state index contributed by atoms with van der Waals surface area (Å²) >= 11 is 0. The van der Waals surface area contributed by atoms with E-state index in [2.05, 4.69) is 50.2 Å². The number of hydrogen-bond acceptors (Lipinski definition) is 9. The summed E-state index contributed by atoms with van der Waals surface area (Å²) in [5, 5.41) is 6.03. The molecule has 0 saturated heterocycles. The van der Waals surface area contributed by atoms with E-state index in [1.807, 2.05) is 0 Å². The minimum Gasteiger partial charge on any atom is -0.466 e. The molecule has 374 valence electrons. The molecule has 2 N–H and O–H groups in total. The highest BCUT2D eigenvalue weighted by molar-refractivity contribution is 5.73. The highest BCUT2D eigenvalue weighted by Crippen LogP contribution is 2.23. The first-order valence-electron chi connectivity index (χ1n) is 27.5. The van der Waals surface area contributed by atoms with Crippen molar-refractivity contribution in [3.05, 3.63) is 20.4 Å². The number of rotatable bonds is 48. The molecule has 64 heavy (non-hydrogen) atoms. The van der Waals surface area contributed by atoms with Gasteiger partial charge in [-0.05, 0) is 89.3 Å². The summed E-state index contributed by atoms with van der Waals surface area (Å²) in [7, 11) is 1.67. The highest BCUT2D eigenvalue weighted by atomic mass is 16.5. The van der Waals surface area contributed by atoms with Crippen LogP contribution in [0.15, 0.2) is 9.59 Å². The zero-order chi connectivity index (χ0) is 46.9. The molecular formula is C55H103N3O6. The molecule has 3 atom stereocenters. The lowest BCUT2D eigenvalue weighted by Crippen LogP contribution is -2.37. The lowest BCUT2D eigenvalue weighted by atomic mass is 9.92. The van der Waals surface area contributed by atoms with Crippen molar-refractivity contribution in [2.45, 2.75) is 265 Å². The van der Waals surface area contributed by atoms with Gasteiger partial charge in [0.1, 0.15) is 17.5 Å². The quantitative estimate of drug-likeness (QED) is 0.0375. The molecule has 0 fully saturated rings. The van der Waals surface area contributed by atoms with E-state index in [4.69, 9.17) is 9.47 Å². The summed E-state index contributed by atoms with van der Waals surface area (Å²) in [6.45, 7) is 15.6. The number of carbonyl (C=O) groups excluding carboxylic acids is 2. The van der Waals surface area contributed by atoms with Crippen LogP contribution in [0.2, 0.25) is 0 Å². The maximum absolute atomic E-state index is 13.0. The normalized spacial score (nSPS) is 13.0. The first-order chi connectivity index (χ1) is 31.2. The minimum atomic E-state index is -0.439. The molecular weight excluding hydrogens is 799 g/mol. The van der Waals surface area contributed by atoms with E-state index in [0.29, 0.717) is 49.2 Å². The Balaban J connectivity index is 2.44. The number of anilines is 2. The first kappa shape index (κ1) is 59.6. The molecule has 1 rings (SSSR count).